The van der Waals surface area contributed by atoms with Gasteiger partial charge in [-0.3, -0.25) is 19.9 Å². The topological polar surface area (TPSA) is 265 Å². The summed E-state index contributed by atoms with van der Waals surface area (Å²) < 4.78 is 1.99. The Bertz CT molecular complexity index is 4400. The van der Waals surface area contributed by atoms with Gasteiger partial charge in [0.25, 0.3) is 0 Å². The second kappa shape index (κ2) is 38.8. The molecule has 3 radical (unpaired) electrons. The maximum Gasteiger partial charge on any atom is 0.220 e. The Labute approximate surface area is 611 Å². The van der Waals surface area contributed by atoms with Crippen LogP contribution in [0.5, 0.6) is 0 Å². The van der Waals surface area contributed by atoms with Crippen LogP contribution >= 0.6 is 0 Å². The minimum absolute atomic E-state index is 0. The summed E-state index contributed by atoms with van der Waals surface area (Å²) in [5.41, 5.74) is 13.9. The van der Waals surface area contributed by atoms with Gasteiger partial charge in [0.15, 0.2) is 0 Å². The van der Waals surface area contributed by atoms with E-state index in [9.17, 15) is 0 Å². The molecule has 0 saturated heterocycles. The minimum Gasteiger partial charge on any atom is -0.574 e. The van der Waals surface area contributed by atoms with Crippen LogP contribution in [0.4, 0.5) is 0 Å². The second-order valence-corrected chi connectivity index (χ2v) is 20.4. The van der Waals surface area contributed by atoms with Crippen molar-refractivity contribution in [2.75, 3.05) is 0 Å². The Morgan fingerprint density at radius 3 is 1.18 bits per heavy atom. The van der Waals surface area contributed by atoms with Crippen molar-refractivity contribution in [3.8, 4) is 114 Å². The summed E-state index contributed by atoms with van der Waals surface area (Å²) >= 11 is 0. The van der Waals surface area contributed by atoms with Crippen molar-refractivity contribution in [2.45, 2.75) is 13.8 Å². The standard InChI is InChI=1S/2C14H9N4.C14H10N3.C13H8N5.C11H11N2.C9H8N3.3Ir/c2*1-3-7-11(8-4-1)13-15-17-14(18-16-13)12-9-5-2-6-10-12;1-2-4-11(5-3-1)12-6-8-15-14(10-12)13-7-9-16-17-13;1-2-6-10(7-3-1)12-15-17-13(18-16-12)11-8-4-5-9-14-11;1-9-4-3-5-10(8-9)11-12-6-7-13(11)2;1-7-2-3-8(10-6-7)9-4-5-11-12-9;;;/h2*1-9H;1-10H;1-6,8-9H;3-4,6-8H,1-2H3;2-6H,1H3;;;/q6*-1;;;. The summed E-state index contributed by atoms with van der Waals surface area (Å²) in [7, 11) is 1.98. The minimum atomic E-state index is 0. The van der Waals surface area contributed by atoms with E-state index in [-0.39, 0.29) is 60.3 Å². The van der Waals surface area contributed by atoms with Crippen molar-refractivity contribution < 1.29 is 60.3 Å². The molecular weight excluding hydrogens is 1770 g/mol. The number of nitrogens with zero attached hydrogens (tertiary/aromatic N) is 21. The molecule has 0 unspecified atom stereocenters. The average molecular weight is 1830 g/mol. The third-order valence-electron chi connectivity index (χ3n) is 13.5. The Hall–Kier alpha value is -11.6. The molecule has 0 saturated carbocycles. The fourth-order valence-electron chi connectivity index (χ4n) is 8.69. The first-order valence-corrected chi connectivity index (χ1v) is 29.8. The van der Waals surface area contributed by atoms with E-state index >= 15 is 0 Å². The van der Waals surface area contributed by atoms with Gasteiger partial charge in [-0.15, -0.1) is 174 Å². The van der Waals surface area contributed by atoms with Crippen molar-refractivity contribution in [2.24, 2.45) is 7.05 Å². The smallest absolute Gasteiger partial charge is 0.220 e. The molecule has 9 heterocycles. The van der Waals surface area contributed by atoms with Gasteiger partial charge in [-0.2, -0.15) is 30.6 Å². The van der Waals surface area contributed by atoms with E-state index < -0.39 is 0 Å². The van der Waals surface area contributed by atoms with Crippen LogP contribution in [0.1, 0.15) is 11.1 Å². The number of aromatic nitrogens is 21. The molecule has 0 aliphatic carbocycles. The van der Waals surface area contributed by atoms with Gasteiger partial charge in [-0.1, -0.05) is 134 Å². The first kappa shape index (κ1) is 73.2. The van der Waals surface area contributed by atoms with Gasteiger partial charge in [0.1, 0.15) is 23.2 Å². The van der Waals surface area contributed by atoms with Crippen molar-refractivity contribution in [3.05, 3.63) is 315 Å². The van der Waals surface area contributed by atoms with Crippen LogP contribution < -0.4 is 10.2 Å². The first-order chi connectivity index (χ1) is 47.4. The number of hydrogen-bond donors (Lipinski definition) is 0. The van der Waals surface area contributed by atoms with Gasteiger partial charge in [-0.05, 0) is 53.9 Å². The predicted octanol–water partition coefficient (Wildman–Crippen LogP) is 13.0. The molecule has 21 nitrogen and oxygen atoms in total. The Morgan fingerprint density at radius 1 is 0.303 bits per heavy atom. The molecule has 0 fully saturated rings. The fraction of sp³-hybridized carbons (Fsp3) is 0.0400. The zero-order valence-electron chi connectivity index (χ0n) is 52.9. The molecule has 0 aliphatic rings. The molecule has 9 aromatic heterocycles. The average Bonchev–Trinajstić information content (AvgIpc) is 1.91. The normalized spacial score (nSPS) is 9.93. The van der Waals surface area contributed by atoms with Crippen LogP contribution in [0.2, 0.25) is 0 Å². The second-order valence-electron chi connectivity index (χ2n) is 20.4. The SMILES string of the molecule is Cc1cc[c-]c(-c2nccn2C)c1.Cc1ccc(-c2ccn[n-]2)nc1.[Ir].[Ir].[Ir].[c-]1ccccc1-c1nnc(-c2ccccc2)nn1.[c-]1ccccc1-c1nnc(-c2ccccc2)nn1.[c-]1ccccc1-c1nnc(-c2ccccn2)nn1.c1ccc(-c2ccnc(-c3ccn[n-]3)c2)cc1. The molecule has 493 valence electrons. The Morgan fingerprint density at radius 2 is 0.758 bits per heavy atom. The molecule has 16 aromatic rings. The summed E-state index contributed by atoms with van der Waals surface area (Å²) in [6.45, 7) is 4.08. The van der Waals surface area contributed by atoms with Crippen molar-refractivity contribution in [3.63, 3.8) is 0 Å². The van der Waals surface area contributed by atoms with Crippen LogP contribution in [-0.4, -0.2) is 95.9 Å². The van der Waals surface area contributed by atoms with Crippen molar-refractivity contribution in [1.82, 2.24) is 106 Å². The molecule has 0 bridgehead atoms. The first-order valence-electron chi connectivity index (χ1n) is 29.8. The Kier molecular flexibility index (Phi) is 28.7. The fourth-order valence-corrected chi connectivity index (χ4v) is 8.69. The monoisotopic (exact) mass is 1830 g/mol. The third kappa shape index (κ3) is 21.7. The van der Waals surface area contributed by atoms with Gasteiger partial charge < -0.3 is 25.0 Å². The number of rotatable bonds is 10. The predicted molar refractivity (Wildman–Crippen MR) is 364 cm³/mol. The van der Waals surface area contributed by atoms with E-state index in [1.54, 1.807) is 37.1 Å². The maximum atomic E-state index is 4.30. The van der Waals surface area contributed by atoms with E-state index in [1.807, 2.05) is 243 Å². The van der Waals surface area contributed by atoms with E-state index in [4.69, 9.17) is 0 Å². The van der Waals surface area contributed by atoms with Crippen LogP contribution in [0.25, 0.3) is 114 Å². The number of hydrogen-bond acceptors (Lipinski definition) is 18. The van der Waals surface area contributed by atoms with E-state index in [0.717, 1.165) is 73.1 Å². The van der Waals surface area contributed by atoms with Gasteiger partial charge in [-0.25, -0.2) is 0 Å². The summed E-state index contributed by atoms with van der Waals surface area (Å²) in [5.74, 6) is 3.84. The van der Waals surface area contributed by atoms with Gasteiger partial charge in [0.2, 0.25) is 17.5 Å². The van der Waals surface area contributed by atoms with Crippen LogP contribution in [-0.2, 0) is 67.4 Å². The Balaban J connectivity index is 0.000000151. The largest absolute Gasteiger partial charge is 0.574 e. The van der Waals surface area contributed by atoms with Crippen LogP contribution in [0, 0.1) is 38.1 Å². The number of pyridine rings is 3. The number of aryl methyl sites for hydroxylation is 3. The summed E-state index contributed by atoms with van der Waals surface area (Å²) in [6, 6.07) is 87.4. The molecular formula is C75H55Ir3N21-6. The maximum absolute atomic E-state index is 4.30. The molecule has 0 amide bonds. The van der Waals surface area contributed by atoms with Gasteiger partial charge in [0, 0.05) is 133 Å². The van der Waals surface area contributed by atoms with E-state index in [1.165, 1.54) is 11.1 Å². The van der Waals surface area contributed by atoms with Gasteiger partial charge >= 0.3 is 0 Å². The summed E-state index contributed by atoms with van der Waals surface area (Å²) in [5, 5.41) is 64.2. The van der Waals surface area contributed by atoms with Crippen molar-refractivity contribution >= 4 is 0 Å². The molecule has 99 heavy (non-hydrogen) atoms. The number of imidazole rings is 1. The molecule has 0 atom stereocenters. The molecule has 0 spiro atoms. The molecule has 0 aliphatic heterocycles. The van der Waals surface area contributed by atoms with Crippen molar-refractivity contribution in [1.29, 1.82) is 0 Å². The number of benzene rings is 7. The van der Waals surface area contributed by atoms with Gasteiger partial charge in [0.05, 0.1) is 5.82 Å². The summed E-state index contributed by atoms with van der Waals surface area (Å²) in [6.07, 6.45) is 12.4. The molecule has 16 rings (SSSR count). The zero-order valence-corrected chi connectivity index (χ0v) is 60.1. The molecule has 0 N–H and O–H groups in total. The third-order valence-corrected chi connectivity index (χ3v) is 13.5. The van der Waals surface area contributed by atoms with E-state index in [2.05, 4.69) is 151 Å². The van der Waals surface area contributed by atoms with Crippen LogP contribution in [0.15, 0.2) is 280 Å². The zero-order chi connectivity index (χ0) is 65.8. The summed E-state index contributed by atoms with van der Waals surface area (Å²) in [4.78, 5) is 16.9. The van der Waals surface area contributed by atoms with E-state index in [0.29, 0.717) is 40.6 Å². The molecule has 24 heteroatoms. The molecule has 7 aromatic carbocycles. The quantitative estimate of drug-likeness (QED) is 0.115. The van der Waals surface area contributed by atoms with Crippen LogP contribution in [0.3, 0.4) is 0 Å².